The van der Waals surface area contributed by atoms with Gasteiger partial charge in [0.15, 0.2) is 0 Å². The van der Waals surface area contributed by atoms with Crippen molar-refractivity contribution in [1.82, 2.24) is 5.32 Å². The van der Waals surface area contributed by atoms with E-state index < -0.39 is 10.0 Å². The second-order valence-corrected chi connectivity index (χ2v) is 8.34. The third-order valence-electron chi connectivity index (χ3n) is 3.90. The Morgan fingerprint density at radius 1 is 1.22 bits per heavy atom. The summed E-state index contributed by atoms with van der Waals surface area (Å²) in [4.78, 5) is 14.4. The predicted molar refractivity (Wildman–Crippen MR) is 89.9 cm³/mol. The fourth-order valence-corrected chi connectivity index (χ4v) is 4.46. The van der Waals surface area contributed by atoms with Gasteiger partial charge >= 0.3 is 0 Å². The van der Waals surface area contributed by atoms with E-state index >= 15 is 0 Å². The van der Waals surface area contributed by atoms with Crippen LogP contribution in [0.1, 0.15) is 38.5 Å². The molecule has 1 heterocycles. The zero-order valence-electron chi connectivity index (χ0n) is 12.5. The molecule has 1 aromatic heterocycles. The first-order valence-corrected chi connectivity index (χ1v) is 9.81. The highest BCUT2D eigenvalue weighted by atomic mass is 32.2. The van der Waals surface area contributed by atoms with Crippen LogP contribution in [0.25, 0.3) is 0 Å². The van der Waals surface area contributed by atoms with Crippen molar-refractivity contribution < 1.29 is 13.2 Å². The van der Waals surface area contributed by atoms with E-state index in [0.29, 0.717) is 5.56 Å². The molecule has 3 N–H and O–H groups in total. The zero-order valence-corrected chi connectivity index (χ0v) is 14.2. The fourth-order valence-electron chi connectivity index (χ4n) is 2.70. The number of aryl methyl sites for hydroxylation is 2. The molecule has 0 fully saturated rings. The number of primary sulfonamides is 1. The highest BCUT2D eigenvalue weighted by molar-refractivity contribution is 7.89. The summed E-state index contributed by atoms with van der Waals surface area (Å²) in [6.07, 6.45) is 4.49. The molecule has 0 aliphatic heterocycles. The van der Waals surface area contributed by atoms with E-state index in [1.807, 2.05) is 6.07 Å². The Morgan fingerprint density at radius 3 is 2.74 bits per heavy atom. The number of thiophene rings is 1. The van der Waals surface area contributed by atoms with Gasteiger partial charge in [-0.1, -0.05) is 12.1 Å². The van der Waals surface area contributed by atoms with Crippen LogP contribution in [0.15, 0.2) is 35.2 Å². The number of nitrogens with one attached hydrogen (secondary N) is 1. The summed E-state index contributed by atoms with van der Waals surface area (Å²) < 4.78 is 22.7. The molecule has 0 atom stereocenters. The topological polar surface area (TPSA) is 89.3 Å². The highest BCUT2D eigenvalue weighted by Crippen LogP contribution is 2.29. The SMILES string of the molecule is NS(=O)(=O)c1cccc(CNC(=O)c2cc3c(s2)CCCC3)c1. The largest absolute Gasteiger partial charge is 0.347 e. The van der Waals surface area contributed by atoms with E-state index in [2.05, 4.69) is 5.32 Å². The molecule has 3 rings (SSSR count). The van der Waals surface area contributed by atoms with Gasteiger partial charge in [-0.25, -0.2) is 13.6 Å². The molecule has 122 valence electrons. The van der Waals surface area contributed by atoms with Crippen LogP contribution in [0.4, 0.5) is 0 Å². The molecule has 0 bridgehead atoms. The summed E-state index contributed by atoms with van der Waals surface area (Å²) in [7, 11) is -3.73. The van der Waals surface area contributed by atoms with Gasteiger partial charge in [0.25, 0.3) is 5.91 Å². The molecular weight excluding hydrogens is 332 g/mol. The van der Waals surface area contributed by atoms with Crippen LogP contribution in [-0.2, 0) is 29.4 Å². The first-order chi connectivity index (χ1) is 10.9. The number of fused-ring (bicyclic) bond motifs is 1. The number of rotatable bonds is 4. The van der Waals surface area contributed by atoms with Gasteiger partial charge in [-0.15, -0.1) is 11.3 Å². The number of amides is 1. The summed E-state index contributed by atoms with van der Waals surface area (Å²) in [6.45, 7) is 0.269. The first kappa shape index (κ1) is 16.2. The maximum atomic E-state index is 12.3. The Balaban J connectivity index is 1.68. The molecule has 0 saturated heterocycles. The molecule has 1 aromatic carbocycles. The van der Waals surface area contributed by atoms with Crippen molar-refractivity contribution in [2.45, 2.75) is 37.1 Å². The Hall–Kier alpha value is -1.70. The van der Waals surface area contributed by atoms with Crippen LogP contribution in [0.5, 0.6) is 0 Å². The van der Waals surface area contributed by atoms with Crippen LogP contribution in [0.2, 0.25) is 0 Å². The average molecular weight is 350 g/mol. The van der Waals surface area contributed by atoms with Gasteiger partial charge in [-0.2, -0.15) is 0 Å². The standard InChI is InChI=1S/C16H18N2O3S2/c17-23(20,21)13-6-3-4-11(8-13)10-18-16(19)15-9-12-5-1-2-7-14(12)22-15/h3-4,6,8-9H,1-2,5,7,10H2,(H,18,19)(H2,17,20,21). The van der Waals surface area contributed by atoms with Crippen molar-refractivity contribution in [3.05, 3.63) is 51.2 Å². The van der Waals surface area contributed by atoms with Crippen molar-refractivity contribution in [2.75, 3.05) is 0 Å². The smallest absolute Gasteiger partial charge is 0.261 e. The van der Waals surface area contributed by atoms with Crippen LogP contribution in [-0.4, -0.2) is 14.3 Å². The quantitative estimate of drug-likeness (QED) is 0.886. The van der Waals surface area contributed by atoms with E-state index in [4.69, 9.17) is 5.14 Å². The lowest BCUT2D eigenvalue weighted by atomic mass is 9.99. The Morgan fingerprint density at radius 2 is 2.00 bits per heavy atom. The highest BCUT2D eigenvalue weighted by Gasteiger charge is 2.17. The zero-order chi connectivity index (χ0) is 16.4. The van der Waals surface area contributed by atoms with Gasteiger partial charge in [-0.3, -0.25) is 4.79 Å². The second-order valence-electron chi connectivity index (χ2n) is 5.64. The van der Waals surface area contributed by atoms with E-state index in [0.717, 1.165) is 17.7 Å². The van der Waals surface area contributed by atoms with Crippen molar-refractivity contribution in [2.24, 2.45) is 5.14 Å². The second kappa shape index (κ2) is 6.43. The van der Waals surface area contributed by atoms with Crippen LogP contribution in [0, 0.1) is 0 Å². The number of sulfonamides is 1. The third kappa shape index (κ3) is 3.80. The van der Waals surface area contributed by atoms with Crippen LogP contribution in [0.3, 0.4) is 0 Å². The average Bonchev–Trinajstić information content (AvgIpc) is 2.96. The number of carbonyl (C=O) groups excluding carboxylic acids is 1. The normalized spacial score (nSPS) is 14.3. The lowest BCUT2D eigenvalue weighted by Gasteiger charge is -2.08. The maximum absolute atomic E-state index is 12.3. The molecule has 1 aliphatic rings. The lowest BCUT2D eigenvalue weighted by molar-refractivity contribution is 0.0955. The van der Waals surface area contributed by atoms with Crippen LogP contribution >= 0.6 is 11.3 Å². The van der Waals surface area contributed by atoms with Crippen LogP contribution < -0.4 is 10.5 Å². The monoisotopic (exact) mass is 350 g/mol. The van der Waals surface area contributed by atoms with Crippen molar-refractivity contribution in [3.8, 4) is 0 Å². The number of hydrogen-bond donors (Lipinski definition) is 2. The van der Waals surface area contributed by atoms with Gasteiger partial charge < -0.3 is 5.32 Å². The summed E-state index contributed by atoms with van der Waals surface area (Å²) in [5.41, 5.74) is 1.99. The number of carbonyl (C=O) groups is 1. The number of hydrogen-bond acceptors (Lipinski definition) is 4. The fraction of sp³-hybridized carbons (Fsp3) is 0.312. The van der Waals surface area contributed by atoms with Gasteiger partial charge in [-0.05, 0) is 55.0 Å². The number of nitrogens with two attached hydrogens (primary N) is 1. The van der Waals surface area contributed by atoms with Gasteiger partial charge in [0.05, 0.1) is 9.77 Å². The summed E-state index contributed by atoms with van der Waals surface area (Å²) in [5.74, 6) is -0.120. The Kier molecular flexibility index (Phi) is 4.52. The number of benzene rings is 1. The van der Waals surface area contributed by atoms with Crippen molar-refractivity contribution in [1.29, 1.82) is 0 Å². The molecule has 0 unspecified atom stereocenters. The molecule has 1 amide bonds. The lowest BCUT2D eigenvalue weighted by Crippen LogP contribution is -2.22. The van der Waals surface area contributed by atoms with Gasteiger partial charge in [0, 0.05) is 11.4 Å². The van der Waals surface area contributed by atoms with Crippen molar-refractivity contribution in [3.63, 3.8) is 0 Å². The maximum Gasteiger partial charge on any atom is 0.261 e. The Bertz CT molecular complexity index is 817. The van der Waals surface area contributed by atoms with E-state index in [9.17, 15) is 13.2 Å². The molecular formula is C16H18N2O3S2. The minimum Gasteiger partial charge on any atom is -0.347 e. The minimum atomic E-state index is -3.73. The summed E-state index contributed by atoms with van der Waals surface area (Å²) in [6, 6.07) is 8.28. The molecule has 23 heavy (non-hydrogen) atoms. The van der Waals surface area contributed by atoms with E-state index in [1.54, 1.807) is 23.5 Å². The molecule has 1 aliphatic carbocycles. The Labute approximate surface area is 139 Å². The summed E-state index contributed by atoms with van der Waals surface area (Å²) in [5, 5.41) is 7.95. The van der Waals surface area contributed by atoms with E-state index in [1.165, 1.54) is 35.4 Å². The van der Waals surface area contributed by atoms with Gasteiger partial charge in [0.1, 0.15) is 0 Å². The molecule has 0 radical (unpaired) electrons. The first-order valence-electron chi connectivity index (χ1n) is 7.45. The summed E-state index contributed by atoms with van der Waals surface area (Å²) >= 11 is 1.56. The van der Waals surface area contributed by atoms with Gasteiger partial charge in [0.2, 0.25) is 10.0 Å². The molecule has 2 aromatic rings. The van der Waals surface area contributed by atoms with E-state index in [-0.39, 0.29) is 17.3 Å². The predicted octanol–water partition coefficient (Wildman–Crippen LogP) is 2.20. The molecule has 5 nitrogen and oxygen atoms in total. The minimum absolute atomic E-state index is 0.0517. The molecule has 0 saturated carbocycles. The van der Waals surface area contributed by atoms with Crippen molar-refractivity contribution >= 4 is 27.3 Å². The molecule has 0 spiro atoms. The third-order valence-corrected chi connectivity index (χ3v) is 6.05. The molecule has 7 heteroatoms.